The predicted molar refractivity (Wildman–Crippen MR) is 48.0 cm³/mol. The fourth-order valence-corrected chi connectivity index (χ4v) is 1.13. The first-order valence-corrected chi connectivity index (χ1v) is 3.89. The van der Waals surface area contributed by atoms with E-state index >= 15 is 0 Å². The molecule has 0 aliphatic carbocycles. The topological polar surface area (TPSA) is 68.9 Å². The number of carbonyl (C=O) groups excluding carboxylic acids is 1. The van der Waals surface area contributed by atoms with E-state index in [-0.39, 0.29) is 5.69 Å². The molecule has 14 heavy (non-hydrogen) atoms. The van der Waals surface area contributed by atoms with E-state index in [2.05, 4.69) is 10.2 Å². The maximum Gasteiger partial charge on any atom is 0.269 e. The number of hydrogen-bond donors (Lipinski definition) is 1. The lowest BCUT2D eigenvalue weighted by molar-refractivity contribution is 0.0995. The first kappa shape index (κ1) is 8.55. The minimum Gasteiger partial charge on any atom is -0.364 e. The zero-order valence-corrected chi connectivity index (χ0v) is 7.07. The fraction of sp³-hybridized carbons (Fsp3) is 0. The number of nitrogens with two attached hydrogens (primary N) is 1. The van der Waals surface area contributed by atoms with Crippen molar-refractivity contribution in [3.05, 3.63) is 35.8 Å². The molecule has 70 valence electrons. The molecule has 1 amide bonds. The molecule has 0 saturated carbocycles. The second-order valence-corrected chi connectivity index (χ2v) is 2.80. The number of primary amides is 1. The van der Waals surface area contributed by atoms with E-state index in [1.807, 2.05) is 0 Å². The van der Waals surface area contributed by atoms with Gasteiger partial charge < -0.3 is 5.73 Å². The van der Waals surface area contributed by atoms with Crippen LogP contribution in [0.4, 0.5) is 4.39 Å². The van der Waals surface area contributed by atoms with E-state index in [1.54, 1.807) is 0 Å². The highest BCUT2D eigenvalue weighted by atomic mass is 19.1. The van der Waals surface area contributed by atoms with Crippen LogP contribution in [0, 0.1) is 5.82 Å². The first-order chi connectivity index (χ1) is 6.66. The van der Waals surface area contributed by atoms with E-state index in [0.29, 0.717) is 10.9 Å². The number of fused-ring (bicyclic) bond motifs is 1. The molecule has 0 aliphatic heterocycles. The zero-order chi connectivity index (χ0) is 10.1. The normalized spacial score (nSPS) is 10.4. The third kappa shape index (κ3) is 1.39. The van der Waals surface area contributed by atoms with Crippen molar-refractivity contribution in [3.63, 3.8) is 0 Å². The van der Waals surface area contributed by atoms with Gasteiger partial charge in [-0.15, -0.1) is 10.2 Å². The highest BCUT2D eigenvalue weighted by molar-refractivity contribution is 5.94. The number of halogens is 1. The van der Waals surface area contributed by atoms with Crippen LogP contribution in [0.5, 0.6) is 0 Å². The Hall–Kier alpha value is -2.04. The highest BCUT2D eigenvalue weighted by Gasteiger charge is 2.04. The van der Waals surface area contributed by atoms with Gasteiger partial charge in [-0.25, -0.2) is 4.39 Å². The smallest absolute Gasteiger partial charge is 0.269 e. The molecule has 0 fully saturated rings. The van der Waals surface area contributed by atoms with Crippen molar-refractivity contribution in [1.82, 2.24) is 10.2 Å². The molecule has 0 unspecified atom stereocenters. The quantitative estimate of drug-likeness (QED) is 0.727. The molecule has 0 spiro atoms. The number of nitrogens with zero attached hydrogens (tertiary/aromatic N) is 2. The molecule has 1 heterocycles. The van der Waals surface area contributed by atoms with Gasteiger partial charge in [0.25, 0.3) is 5.91 Å². The number of rotatable bonds is 1. The van der Waals surface area contributed by atoms with Gasteiger partial charge in [0.1, 0.15) is 5.82 Å². The van der Waals surface area contributed by atoms with Gasteiger partial charge in [0.15, 0.2) is 5.69 Å². The molecule has 1 aromatic heterocycles. The van der Waals surface area contributed by atoms with Crippen molar-refractivity contribution < 1.29 is 9.18 Å². The van der Waals surface area contributed by atoms with E-state index in [4.69, 9.17) is 5.73 Å². The molecule has 0 atom stereocenters. The second-order valence-electron chi connectivity index (χ2n) is 2.80. The molecule has 0 radical (unpaired) electrons. The average molecular weight is 191 g/mol. The van der Waals surface area contributed by atoms with Crippen LogP contribution < -0.4 is 5.73 Å². The van der Waals surface area contributed by atoms with E-state index in [0.717, 1.165) is 0 Å². The molecule has 5 heteroatoms. The van der Waals surface area contributed by atoms with E-state index < -0.39 is 11.7 Å². The van der Waals surface area contributed by atoms with Gasteiger partial charge in [-0.3, -0.25) is 4.79 Å². The largest absolute Gasteiger partial charge is 0.364 e. The lowest BCUT2D eigenvalue weighted by atomic mass is 10.2. The van der Waals surface area contributed by atoms with Crippen LogP contribution in [-0.2, 0) is 0 Å². The summed E-state index contributed by atoms with van der Waals surface area (Å²) < 4.78 is 12.7. The van der Waals surface area contributed by atoms with Crippen LogP contribution in [-0.4, -0.2) is 16.1 Å². The molecule has 2 N–H and O–H groups in total. The molecule has 2 aromatic rings. The third-order valence-electron chi connectivity index (χ3n) is 1.80. The van der Waals surface area contributed by atoms with Gasteiger partial charge in [0, 0.05) is 11.5 Å². The monoisotopic (exact) mass is 191 g/mol. The average Bonchev–Trinajstić information content (AvgIpc) is 2.16. The summed E-state index contributed by atoms with van der Waals surface area (Å²) in [5.41, 5.74) is 5.49. The predicted octanol–water partition coefficient (Wildman–Crippen LogP) is 0.868. The Kier molecular flexibility index (Phi) is 1.85. The van der Waals surface area contributed by atoms with Crippen LogP contribution in [0.3, 0.4) is 0 Å². The van der Waals surface area contributed by atoms with Crippen LogP contribution in [0.1, 0.15) is 10.5 Å². The van der Waals surface area contributed by atoms with Gasteiger partial charge in [0.2, 0.25) is 0 Å². The van der Waals surface area contributed by atoms with Crippen molar-refractivity contribution in [3.8, 4) is 0 Å². The number of amides is 1. The Balaban J connectivity index is 2.67. The van der Waals surface area contributed by atoms with Crippen LogP contribution >= 0.6 is 0 Å². The molecule has 2 rings (SSSR count). The van der Waals surface area contributed by atoms with Gasteiger partial charge in [-0.2, -0.15) is 0 Å². The Morgan fingerprint density at radius 2 is 2.07 bits per heavy atom. The lowest BCUT2D eigenvalue weighted by Gasteiger charge is -1.97. The minimum atomic E-state index is -0.649. The van der Waals surface area contributed by atoms with Gasteiger partial charge in [-0.05, 0) is 18.2 Å². The third-order valence-corrected chi connectivity index (χ3v) is 1.80. The Morgan fingerprint density at radius 1 is 1.29 bits per heavy atom. The van der Waals surface area contributed by atoms with Gasteiger partial charge in [0.05, 0.1) is 5.52 Å². The summed E-state index contributed by atoms with van der Waals surface area (Å²) in [5.74, 6) is -1.04. The lowest BCUT2D eigenvalue weighted by Crippen LogP contribution is -2.13. The van der Waals surface area contributed by atoms with Crippen molar-refractivity contribution >= 4 is 16.8 Å². The SMILES string of the molecule is NC(=O)c1cc2ccc(F)cc2nn1. The van der Waals surface area contributed by atoms with E-state index in [9.17, 15) is 9.18 Å². The number of carbonyl (C=O) groups is 1. The summed E-state index contributed by atoms with van der Waals surface area (Å²) in [7, 11) is 0. The Bertz CT molecular complexity index is 512. The molecule has 4 nitrogen and oxygen atoms in total. The highest BCUT2D eigenvalue weighted by Crippen LogP contribution is 2.12. The maximum atomic E-state index is 12.7. The van der Waals surface area contributed by atoms with Crippen molar-refractivity contribution in [2.45, 2.75) is 0 Å². The molecule has 1 aromatic carbocycles. The Morgan fingerprint density at radius 3 is 2.79 bits per heavy atom. The summed E-state index contributed by atoms with van der Waals surface area (Å²) in [6.07, 6.45) is 0. The van der Waals surface area contributed by atoms with Crippen LogP contribution in [0.2, 0.25) is 0 Å². The zero-order valence-electron chi connectivity index (χ0n) is 7.07. The van der Waals surface area contributed by atoms with Gasteiger partial charge >= 0.3 is 0 Å². The summed E-state index contributed by atoms with van der Waals surface area (Å²) >= 11 is 0. The fourth-order valence-electron chi connectivity index (χ4n) is 1.13. The Labute approximate surface area is 78.6 Å². The van der Waals surface area contributed by atoms with Crippen molar-refractivity contribution in [2.75, 3.05) is 0 Å². The summed E-state index contributed by atoms with van der Waals surface area (Å²) in [5, 5.41) is 7.86. The standard InChI is InChI=1S/C9H6FN3O/c10-6-2-1-5-3-8(9(11)14)13-12-7(5)4-6/h1-4H,(H2,11,14). The van der Waals surface area contributed by atoms with E-state index in [1.165, 1.54) is 24.3 Å². The first-order valence-electron chi connectivity index (χ1n) is 3.89. The number of hydrogen-bond acceptors (Lipinski definition) is 3. The van der Waals surface area contributed by atoms with Crippen LogP contribution in [0.15, 0.2) is 24.3 Å². The molecule has 0 saturated heterocycles. The molecule has 0 aliphatic rings. The molecule has 0 bridgehead atoms. The van der Waals surface area contributed by atoms with Crippen molar-refractivity contribution in [1.29, 1.82) is 0 Å². The number of benzene rings is 1. The second kappa shape index (κ2) is 3.02. The number of aromatic nitrogens is 2. The van der Waals surface area contributed by atoms with Crippen LogP contribution in [0.25, 0.3) is 10.9 Å². The molecular formula is C9H6FN3O. The minimum absolute atomic E-state index is 0.0732. The molecular weight excluding hydrogens is 185 g/mol. The maximum absolute atomic E-state index is 12.7. The summed E-state index contributed by atoms with van der Waals surface area (Å²) in [6.45, 7) is 0. The summed E-state index contributed by atoms with van der Waals surface area (Å²) in [6, 6.07) is 5.53. The van der Waals surface area contributed by atoms with Crippen molar-refractivity contribution in [2.24, 2.45) is 5.73 Å². The summed E-state index contributed by atoms with van der Waals surface area (Å²) in [4.78, 5) is 10.8. The van der Waals surface area contributed by atoms with Gasteiger partial charge in [-0.1, -0.05) is 0 Å².